The predicted molar refractivity (Wildman–Crippen MR) is 100 cm³/mol. The van der Waals surface area contributed by atoms with E-state index in [1.54, 1.807) is 0 Å². The molecule has 2 N–H and O–H groups in total. The Morgan fingerprint density at radius 1 is 0.760 bits per heavy atom. The van der Waals surface area contributed by atoms with Crippen LogP contribution >= 0.6 is 0 Å². The molecule has 1 atom stereocenters. The summed E-state index contributed by atoms with van der Waals surface area (Å²) in [6.45, 7) is 4.67. The van der Waals surface area contributed by atoms with Crippen molar-refractivity contribution in [2.24, 2.45) is 0 Å². The van der Waals surface area contributed by atoms with Crippen molar-refractivity contribution >= 4 is 0 Å². The van der Waals surface area contributed by atoms with Crippen LogP contribution in [0.3, 0.4) is 0 Å². The number of nitrogens with zero attached hydrogens (tertiary/aromatic N) is 1. The zero-order chi connectivity index (χ0) is 17.7. The lowest BCUT2D eigenvalue weighted by Crippen LogP contribution is -3.00. The van der Waals surface area contributed by atoms with Crippen molar-refractivity contribution in [2.75, 3.05) is 6.54 Å². The molecule has 1 aromatic rings. The van der Waals surface area contributed by atoms with E-state index in [1.165, 1.54) is 51.4 Å². The van der Waals surface area contributed by atoms with Crippen molar-refractivity contribution in [2.45, 2.75) is 90.5 Å². The van der Waals surface area contributed by atoms with E-state index in [2.05, 4.69) is 6.92 Å². The molecule has 4 heteroatoms. The number of halogens is 1. The van der Waals surface area contributed by atoms with Crippen LogP contribution in [0.5, 0.6) is 0 Å². The Morgan fingerprint density at radius 2 is 1.24 bits per heavy atom. The van der Waals surface area contributed by atoms with Crippen molar-refractivity contribution in [1.82, 2.24) is 0 Å². The third-order valence-corrected chi connectivity index (χ3v) is 4.91. The number of hydrogen-bond donors (Lipinski definition) is 2. The summed E-state index contributed by atoms with van der Waals surface area (Å²) in [5.41, 5.74) is 0.997. The number of hydrogen-bond acceptors (Lipinski definition) is 2. The van der Waals surface area contributed by atoms with E-state index in [0.29, 0.717) is 6.54 Å². The largest absolute Gasteiger partial charge is 1.00 e. The highest BCUT2D eigenvalue weighted by Gasteiger charge is 2.34. The number of hydroxylamine groups is 4. The number of quaternary nitrogens is 1. The van der Waals surface area contributed by atoms with E-state index >= 15 is 0 Å². The lowest BCUT2D eigenvalue weighted by molar-refractivity contribution is -1.26. The smallest absolute Gasteiger partial charge is 0.177 e. The van der Waals surface area contributed by atoms with Gasteiger partial charge >= 0.3 is 0 Å². The van der Waals surface area contributed by atoms with E-state index < -0.39 is 4.81 Å². The van der Waals surface area contributed by atoms with Crippen molar-refractivity contribution in [3.63, 3.8) is 0 Å². The fourth-order valence-electron chi connectivity index (χ4n) is 3.43. The highest BCUT2D eigenvalue weighted by atomic mass is 35.5. The van der Waals surface area contributed by atoms with Crippen LogP contribution in [0.15, 0.2) is 30.3 Å². The maximum atomic E-state index is 10.4. The molecule has 0 fully saturated rings. The molecular weight excluding hydrogens is 334 g/mol. The van der Waals surface area contributed by atoms with E-state index in [4.69, 9.17) is 0 Å². The van der Waals surface area contributed by atoms with E-state index in [-0.39, 0.29) is 18.4 Å². The zero-order valence-corrected chi connectivity index (χ0v) is 16.9. The summed E-state index contributed by atoms with van der Waals surface area (Å²) in [6.07, 6.45) is 13.3. The van der Waals surface area contributed by atoms with Gasteiger partial charge < -0.3 is 12.4 Å². The van der Waals surface area contributed by atoms with Gasteiger partial charge in [0.2, 0.25) is 0 Å². The normalized spacial score (nSPS) is 12.6. The van der Waals surface area contributed by atoms with Crippen LogP contribution < -0.4 is 12.4 Å². The van der Waals surface area contributed by atoms with E-state index in [1.807, 2.05) is 37.3 Å². The zero-order valence-electron chi connectivity index (χ0n) is 16.2. The summed E-state index contributed by atoms with van der Waals surface area (Å²) in [6, 6.07) is 9.57. The molecule has 0 saturated carbocycles. The lowest BCUT2D eigenvalue weighted by Gasteiger charge is -2.29. The van der Waals surface area contributed by atoms with Crippen molar-refractivity contribution in [1.29, 1.82) is 0 Å². The summed E-state index contributed by atoms with van der Waals surface area (Å²) in [7, 11) is 0. The SMILES string of the molecule is CCCCCCCCCCCC[N+](O)(O)C(CC)c1ccccc1.[Cl-]. The maximum absolute atomic E-state index is 10.4. The Balaban J connectivity index is 0.00000576. The average Bonchev–Trinajstić information content (AvgIpc) is 2.58. The van der Waals surface area contributed by atoms with Crippen LogP contribution in [0, 0.1) is 0 Å². The molecule has 0 spiro atoms. The third kappa shape index (κ3) is 10.2. The molecule has 1 unspecified atom stereocenters. The van der Waals surface area contributed by atoms with E-state index in [9.17, 15) is 10.4 Å². The lowest BCUT2D eigenvalue weighted by atomic mass is 10.0. The first kappa shape index (κ1) is 24.4. The molecule has 0 aliphatic rings. The van der Waals surface area contributed by atoms with Crippen LogP contribution in [-0.4, -0.2) is 21.8 Å². The molecule has 0 saturated heterocycles. The fourth-order valence-corrected chi connectivity index (χ4v) is 3.43. The Morgan fingerprint density at radius 3 is 1.72 bits per heavy atom. The molecule has 1 aromatic carbocycles. The first-order valence-corrected chi connectivity index (χ1v) is 10.00. The maximum Gasteiger partial charge on any atom is 0.177 e. The Labute approximate surface area is 161 Å². The Bertz CT molecular complexity index is 412. The first-order valence-electron chi connectivity index (χ1n) is 10.00. The van der Waals surface area contributed by atoms with Crippen molar-refractivity contribution in [3.05, 3.63) is 35.9 Å². The second-order valence-corrected chi connectivity index (χ2v) is 7.03. The molecular formula is C21H38ClNO2. The standard InChI is InChI=1S/C21H38NO2.ClH/c1-3-5-6-7-8-9-10-11-12-16-19-22(23,24)21(4-2)20-17-14-13-15-18-20;/h13-15,17-18,21,23-24H,3-12,16,19H2,1-2H3;1H/q+1;/p-1. The average molecular weight is 372 g/mol. The van der Waals surface area contributed by atoms with Crippen LogP contribution in [0.4, 0.5) is 0 Å². The first-order chi connectivity index (χ1) is 11.6. The monoisotopic (exact) mass is 371 g/mol. The summed E-state index contributed by atoms with van der Waals surface area (Å²) >= 11 is 0. The second-order valence-electron chi connectivity index (χ2n) is 7.03. The third-order valence-electron chi connectivity index (χ3n) is 4.91. The summed E-state index contributed by atoms with van der Waals surface area (Å²) in [5, 5.41) is 20.9. The number of rotatable bonds is 14. The molecule has 146 valence electrons. The van der Waals surface area contributed by atoms with E-state index in [0.717, 1.165) is 24.8 Å². The molecule has 0 amide bonds. The molecule has 0 aliphatic heterocycles. The van der Waals surface area contributed by atoms with Crippen LogP contribution in [0.1, 0.15) is 96.1 Å². The van der Waals surface area contributed by atoms with Gasteiger partial charge in [0, 0.05) is 18.4 Å². The predicted octanol–water partition coefficient (Wildman–Crippen LogP) is 3.66. The van der Waals surface area contributed by atoms with Gasteiger partial charge in [-0.25, -0.2) is 0 Å². The quantitative estimate of drug-likeness (QED) is 0.297. The minimum atomic E-state index is -0.877. The van der Waals surface area contributed by atoms with Gasteiger partial charge in [-0.05, 0) is 11.2 Å². The molecule has 25 heavy (non-hydrogen) atoms. The van der Waals surface area contributed by atoms with Crippen LogP contribution in [0.25, 0.3) is 0 Å². The van der Waals surface area contributed by atoms with Gasteiger partial charge in [0.25, 0.3) is 0 Å². The van der Waals surface area contributed by atoms with Crippen LogP contribution in [-0.2, 0) is 0 Å². The molecule has 0 bridgehead atoms. The minimum Gasteiger partial charge on any atom is -1.00 e. The van der Waals surface area contributed by atoms with Gasteiger partial charge in [-0.2, -0.15) is 10.4 Å². The van der Waals surface area contributed by atoms with Gasteiger partial charge in [-0.3, -0.25) is 0 Å². The minimum absolute atomic E-state index is 0. The van der Waals surface area contributed by atoms with Gasteiger partial charge in [-0.1, -0.05) is 95.5 Å². The Hall–Kier alpha value is -0.610. The molecule has 0 heterocycles. The highest BCUT2D eigenvalue weighted by Crippen LogP contribution is 2.28. The molecule has 3 nitrogen and oxygen atoms in total. The molecule has 1 rings (SSSR count). The van der Waals surface area contributed by atoms with Crippen molar-refractivity contribution < 1.29 is 27.6 Å². The number of unbranched alkanes of at least 4 members (excludes halogenated alkanes) is 9. The topological polar surface area (TPSA) is 40.5 Å². The molecule has 0 aromatic heterocycles. The summed E-state index contributed by atoms with van der Waals surface area (Å²) < 4.78 is 0. The summed E-state index contributed by atoms with van der Waals surface area (Å²) in [4.78, 5) is -0.877. The van der Waals surface area contributed by atoms with Gasteiger partial charge in [0.05, 0.1) is 0 Å². The molecule has 0 aliphatic carbocycles. The number of benzene rings is 1. The van der Waals surface area contributed by atoms with Gasteiger partial charge in [0.1, 0.15) is 6.54 Å². The second kappa shape index (κ2) is 14.5. The highest BCUT2D eigenvalue weighted by molar-refractivity contribution is 5.17. The van der Waals surface area contributed by atoms with Crippen molar-refractivity contribution in [3.8, 4) is 0 Å². The van der Waals surface area contributed by atoms with Gasteiger partial charge in [-0.15, -0.1) is 0 Å². The van der Waals surface area contributed by atoms with Crippen LogP contribution in [0.2, 0.25) is 0 Å². The Kier molecular flexibility index (Phi) is 14.2. The fraction of sp³-hybridized carbons (Fsp3) is 0.714. The summed E-state index contributed by atoms with van der Waals surface area (Å²) in [5.74, 6) is 0. The molecule has 0 radical (unpaired) electrons. The van der Waals surface area contributed by atoms with Gasteiger partial charge in [0.15, 0.2) is 6.04 Å².